The number of nitrogens with zero attached hydrogens (tertiary/aromatic N) is 5. The maximum atomic E-state index is 12.5. The van der Waals surface area contributed by atoms with Crippen molar-refractivity contribution in [1.29, 1.82) is 0 Å². The van der Waals surface area contributed by atoms with E-state index in [1.54, 1.807) is 30.0 Å². The van der Waals surface area contributed by atoms with Crippen molar-refractivity contribution in [2.75, 3.05) is 32.6 Å². The standard InChI is InChI=1S/C18H25N5O3S/c1-26-10-2-3-11-27(24,25)23-8-5-15(6-9-23)18-21-7-4-17(22-18)16-12-19-14-20-13-16/h4,7,12-15H,2-3,5-6,8-11H2,1H3. The predicted molar refractivity (Wildman–Crippen MR) is 102 cm³/mol. The van der Waals surface area contributed by atoms with Crippen LogP contribution in [0, 0.1) is 0 Å². The number of hydrogen-bond donors (Lipinski definition) is 0. The molecule has 0 radical (unpaired) electrons. The smallest absolute Gasteiger partial charge is 0.214 e. The van der Waals surface area contributed by atoms with Gasteiger partial charge in [0.25, 0.3) is 0 Å². The molecular formula is C18H25N5O3S. The highest BCUT2D eigenvalue weighted by atomic mass is 32.2. The quantitative estimate of drug-likeness (QED) is 0.634. The average molecular weight is 391 g/mol. The van der Waals surface area contributed by atoms with Crippen molar-refractivity contribution in [2.45, 2.75) is 31.6 Å². The van der Waals surface area contributed by atoms with E-state index in [-0.39, 0.29) is 11.7 Å². The van der Waals surface area contributed by atoms with Gasteiger partial charge < -0.3 is 4.74 Å². The number of aromatic nitrogens is 4. The van der Waals surface area contributed by atoms with Crippen LogP contribution in [0.5, 0.6) is 0 Å². The normalized spacial score (nSPS) is 16.5. The van der Waals surface area contributed by atoms with Crippen molar-refractivity contribution in [3.8, 4) is 11.3 Å². The highest BCUT2D eigenvalue weighted by molar-refractivity contribution is 7.89. The molecule has 0 aromatic carbocycles. The van der Waals surface area contributed by atoms with Crippen LogP contribution >= 0.6 is 0 Å². The van der Waals surface area contributed by atoms with Crippen molar-refractivity contribution in [3.63, 3.8) is 0 Å². The molecule has 0 spiro atoms. The van der Waals surface area contributed by atoms with Crippen LogP contribution in [-0.4, -0.2) is 65.2 Å². The molecule has 0 bridgehead atoms. The first kappa shape index (κ1) is 19.8. The minimum atomic E-state index is -3.20. The van der Waals surface area contributed by atoms with Crippen LogP contribution in [-0.2, 0) is 14.8 Å². The molecule has 1 aliphatic rings. The number of piperidine rings is 1. The summed E-state index contributed by atoms with van der Waals surface area (Å²) in [6.07, 6.45) is 9.50. The Balaban J connectivity index is 1.59. The molecule has 0 N–H and O–H groups in total. The van der Waals surface area contributed by atoms with E-state index < -0.39 is 10.0 Å². The van der Waals surface area contributed by atoms with Crippen molar-refractivity contribution >= 4 is 10.0 Å². The van der Waals surface area contributed by atoms with Gasteiger partial charge >= 0.3 is 0 Å². The zero-order valence-corrected chi connectivity index (χ0v) is 16.3. The van der Waals surface area contributed by atoms with Gasteiger partial charge in [0.15, 0.2) is 0 Å². The lowest BCUT2D eigenvalue weighted by Crippen LogP contribution is -2.39. The predicted octanol–water partition coefficient (Wildman–Crippen LogP) is 1.87. The maximum Gasteiger partial charge on any atom is 0.214 e. The van der Waals surface area contributed by atoms with E-state index in [1.807, 2.05) is 6.07 Å². The van der Waals surface area contributed by atoms with Crippen LogP contribution in [0.4, 0.5) is 0 Å². The van der Waals surface area contributed by atoms with E-state index in [1.165, 1.54) is 6.33 Å². The molecule has 0 aliphatic carbocycles. The summed E-state index contributed by atoms with van der Waals surface area (Å²) in [5.41, 5.74) is 1.63. The van der Waals surface area contributed by atoms with Gasteiger partial charge in [0, 0.05) is 56.9 Å². The van der Waals surface area contributed by atoms with Gasteiger partial charge in [-0.15, -0.1) is 0 Å². The fourth-order valence-electron chi connectivity index (χ4n) is 3.21. The molecule has 1 aliphatic heterocycles. The second kappa shape index (κ2) is 9.29. The molecule has 1 fully saturated rings. The largest absolute Gasteiger partial charge is 0.385 e. The molecule has 2 aromatic heterocycles. The van der Waals surface area contributed by atoms with Crippen molar-refractivity contribution in [1.82, 2.24) is 24.2 Å². The fourth-order valence-corrected chi connectivity index (χ4v) is 4.81. The van der Waals surface area contributed by atoms with Crippen LogP contribution in [0.15, 0.2) is 31.0 Å². The zero-order chi connectivity index (χ0) is 19.1. The molecule has 27 heavy (non-hydrogen) atoms. The SMILES string of the molecule is COCCCCS(=O)(=O)N1CCC(c2nccc(-c3cncnc3)n2)CC1. The summed E-state index contributed by atoms with van der Waals surface area (Å²) in [4.78, 5) is 17.1. The van der Waals surface area contributed by atoms with E-state index in [0.29, 0.717) is 26.1 Å². The van der Waals surface area contributed by atoms with Gasteiger partial charge in [-0.1, -0.05) is 0 Å². The van der Waals surface area contributed by atoms with E-state index in [2.05, 4.69) is 19.9 Å². The molecule has 0 unspecified atom stereocenters. The average Bonchev–Trinajstić information content (AvgIpc) is 2.72. The van der Waals surface area contributed by atoms with E-state index in [4.69, 9.17) is 4.74 Å². The van der Waals surface area contributed by atoms with Gasteiger partial charge in [-0.2, -0.15) is 0 Å². The molecule has 8 nitrogen and oxygen atoms in total. The van der Waals surface area contributed by atoms with Crippen LogP contribution in [0.1, 0.15) is 37.4 Å². The van der Waals surface area contributed by atoms with Gasteiger partial charge in [0.1, 0.15) is 12.2 Å². The zero-order valence-electron chi connectivity index (χ0n) is 15.5. The Bertz CT molecular complexity index is 824. The molecule has 3 rings (SSSR count). The first-order valence-electron chi connectivity index (χ1n) is 9.15. The van der Waals surface area contributed by atoms with E-state index in [9.17, 15) is 8.42 Å². The number of hydrogen-bond acceptors (Lipinski definition) is 7. The van der Waals surface area contributed by atoms with Gasteiger partial charge in [-0.05, 0) is 31.7 Å². The topological polar surface area (TPSA) is 98.2 Å². The third-order valence-electron chi connectivity index (χ3n) is 4.74. The Kier molecular flexibility index (Phi) is 6.81. The monoisotopic (exact) mass is 391 g/mol. The highest BCUT2D eigenvalue weighted by Crippen LogP contribution is 2.28. The number of methoxy groups -OCH3 is 1. The molecule has 2 aromatic rings. The summed E-state index contributed by atoms with van der Waals surface area (Å²) in [6, 6.07) is 1.84. The Morgan fingerprint density at radius 3 is 2.63 bits per heavy atom. The molecule has 3 heterocycles. The third-order valence-corrected chi connectivity index (χ3v) is 6.70. The van der Waals surface area contributed by atoms with Crippen molar-refractivity contribution < 1.29 is 13.2 Å². The van der Waals surface area contributed by atoms with Crippen LogP contribution in [0.2, 0.25) is 0 Å². The third kappa shape index (κ3) is 5.27. The lowest BCUT2D eigenvalue weighted by molar-refractivity contribution is 0.194. The summed E-state index contributed by atoms with van der Waals surface area (Å²) in [6.45, 7) is 1.62. The fraction of sp³-hybridized carbons (Fsp3) is 0.556. The Labute approximate surface area is 160 Å². The first-order valence-corrected chi connectivity index (χ1v) is 10.8. The number of rotatable bonds is 8. The Morgan fingerprint density at radius 1 is 1.19 bits per heavy atom. The summed E-state index contributed by atoms with van der Waals surface area (Å²) < 4.78 is 31.5. The van der Waals surface area contributed by atoms with Gasteiger partial charge in [0.05, 0.1) is 11.4 Å². The molecule has 1 saturated heterocycles. The minimum Gasteiger partial charge on any atom is -0.385 e. The minimum absolute atomic E-state index is 0.162. The molecule has 9 heteroatoms. The highest BCUT2D eigenvalue weighted by Gasteiger charge is 2.29. The van der Waals surface area contributed by atoms with E-state index >= 15 is 0 Å². The first-order chi connectivity index (χ1) is 13.1. The van der Waals surface area contributed by atoms with Crippen molar-refractivity contribution in [2.24, 2.45) is 0 Å². The summed E-state index contributed by atoms with van der Waals surface area (Å²) in [5.74, 6) is 1.10. The number of ether oxygens (including phenoxy) is 1. The molecule has 0 saturated carbocycles. The second-order valence-electron chi connectivity index (χ2n) is 6.62. The molecule has 0 atom stereocenters. The van der Waals surface area contributed by atoms with Crippen LogP contribution in [0.3, 0.4) is 0 Å². The number of sulfonamides is 1. The summed E-state index contributed by atoms with van der Waals surface area (Å²) in [5, 5.41) is 0. The van der Waals surface area contributed by atoms with E-state index in [0.717, 1.165) is 36.3 Å². The van der Waals surface area contributed by atoms with Crippen molar-refractivity contribution in [3.05, 3.63) is 36.8 Å². The Hall–Kier alpha value is -1.97. The van der Waals surface area contributed by atoms with Gasteiger partial charge in [0.2, 0.25) is 10.0 Å². The van der Waals surface area contributed by atoms with Gasteiger partial charge in [-0.3, -0.25) is 0 Å². The number of unbranched alkanes of at least 4 members (excludes halogenated alkanes) is 1. The maximum absolute atomic E-state index is 12.5. The second-order valence-corrected chi connectivity index (χ2v) is 8.70. The van der Waals surface area contributed by atoms with Gasteiger partial charge in [-0.25, -0.2) is 32.7 Å². The Morgan fingerprint density at radius 2 is 1.93 bits per heavy atom. The molecule has 146 valence electrons. The summed E-state index contributed by atoms with van der Waals surface area (Å²) >= 11 is 0. The molecule has 0 amide bonds. The lowest BCUT2D eigenvalue weighted by Gasteiger charge is -2.30. The van der Waals surface area contributed by atoms with Crippen LogP contribution in [0.25, 0.3) is 11.3 Å². The van der Waals surface area contributed by atoms with Crippen LogP contribution < -0.4 is 0 Å². The lowest BCUT2D eigenvalue weighted by atomic mass is 9.97. The summed E-state index contributed by atoms with van der Waals surface area (Å²) in [7, 11) is -1.57. The molecular weight excluding hydrogens is 366 g/mol.